The van der Waals surface area contributed by atoms with Crippen LogP contribution in [0.1, 0.15) is 67.1 Å². The van der Waals surface area contributed by atoms with Crippen molar-refractivity contribution in [1.82, 2.24) is 13.7 Å². The average molecular weight is 1550 g/mol. The van der Waals surface area contributed by atoms with Crippen molar-refractivity contribution in [3.05, 3.63) is 522 Å². The molecule has 3 aliphatic carbocycles. The predicted molar refractivity (Wildman–Crippen MR) is 509 cm³/mol. The smallest absolute Gasteiger partial charge is 0.0720 e. The second-order valence-electron chi connectivity index (χ2n) is 33.2. The minimum atomic E-state index is -0.538. The summed E-state index contributed by atoms with van der Waals surface area (Å²) in [6.45, 7) is 0. The number of aromatic nitrogens is 3. The van der Waals surface area contributed by atoms with Gasteiger partial charge in [-0.2, -0.15) is 0 Å². The van der Waals surface area contributed by atoms with E-state index in [4.69, 9.17) is 0 Å². The molecule has 0 saturated heterocycles. The number of benzene rings is 20. The van der Waals surface area contributed by atoms with Crippen LogP contribution in [0, 0.1) is 0 Å². The van der Waals surface area contributed by atoms with Crippen LogP contribution in [0.4, 0.5) is 0 Å². The number of fused-ring (bicyclic) bond motifs is 22. The molecule has 0 spiro atoms. The van der Waals surface area contributed by atoms with Crippen molar-refractivity contribution in [3.8, 4) is 72.7 Å². The maximum Gasteiger partial charge on any atom is 0.0720 e. The van der Waals surface area contributed by atoms with Gasteiger partial charge < -0.3 is 13.7 Å². The molecule has 3 heteroatoms. The van der Waals surface area contributed by atoms with Crippen LogP contribution in [-0.2, 0) is 10.8 Å². The molecular weight excluding hydrogens is 1470 g/mol. The van der Waals surface area contributed by atoms with E-state index in [9.17, 15) is 0 Å². The highest BCUT2D eigenvalue weighted by Gasteiger charge is 2.49. The second-order valence-corrected chi connectivity index (χ2v) is 33.2. The van der Waals surface area contributed by atoms with Gasteiger partial charge in [-0.15, -0.1) is 0 Å². The van der Waals surface area contributed by atoms with Gasteiger partial charge >= 0.3 is 0 Å². The molecule has 0 amide bonds. The van der Waals surface area contributed by atoms with Crippen LogP contribution in [0.2, 0.25) is 0 Å². The van der Waals surface area contributed by atoms with Gasteiger partial charge in [0, 0.05) is 55.3 Å². The Bertz CT molecular complexity index is 8090. The Balaban J connectivity index is 0.000000134. The lowest BCUT2D eigenvalue weighted by Crippen LogP contribution is -2.28. The SMILES string of the molecule is c1ccc(-n2c3ccc(-c4ccc5c(c4)-c4ccccc4C5c4ccc5ccccc5c4)cc3c3c4c(ccc32)C(c2ccccc2)(c2ccccc2)c2ccccc2-4)cc1.c1ccc(-n2c3ccc(-c4ccc5c(c4)c4ccccc4n5-c4ccc5ccccc5c4)cc3c3c4c(ccc32)-c2ccccc2C4(c2ccccc2)c2ccccc2)cc1. The van der Waals surface area contributed by atoms with Crippen LogP contribution >= 0.6 is 0 Å². The predicted octanol–water partition coefficient (Wildman–Crippen LogP) is 30.2. The molecule has 1 atom stereocenters. The summed E-state index contributed by atoms with van der Waals surface area (Å²) < 4.78 is 7.36. The summed E-state index contributed by atoms with van der Waals surface area (Å²) in [5.41, 5.74) is 36.9. The molecule has 0 aliphatic heterocycles. The molecule has 23 aromatic rings. The van der Waals surface area contributed by atoms with Crippen molar-refractivity contribution in [1.29, 1.82) is 0 Å². The summed E-state index contributed by atoms with van der Waals surface area (Å²) in [6.07, 6.45) is 0. The number of rotatable bonds is 10. The molecule has 1 unspecified atom stereocenters. The molecule has 3 heterocycles. The Labute approximate surface area is 707 Å². The van der Waals surface area contributed by atoms with Gasteiger partial charge in [0.25, 0.3) is 0 Å². The first-order valence-corrected chi connectivity index (χ1v) is 42.6. The van der Waals surface area contributed by atoms with Crippen LogP contribution in [0.25, 0.3) is 160 Å². The first-order valence-electron chi connectivity index (χ1n) is 42.6. The maximum atomic E-state index is 2.47. The van der Waals surface area contributed by atoms with E-state index in [0.717, 1.165) is 11.4 Å². The molecule has 0 bridgehead atoms. The second kappa shape index (κ2) is 27.5. The summed E-state index contributed by atoms with van der Waals surface area (Å²) >= 11 is 0. The van der Waals surface area contributed by atoms with E-state index < -0.39 is 10.8 Å². The average Bonchev–Trinajstić information content (AvgIpc) is 1.51. The van der Waals surface area contributed by atoms with E-state index in [1.807, 2.05) is 0 Å². The largest absolute Gasteiger partial charge is 0.309 e. The quantitative estimate of drug-likeness (QED) is 0.130. The Morgan fingerprint density at radius 2 is 0.607 bits per heavy atom. The van der Waals surface area contributed by atoms with Crippen molar-refractivity contribution in [2.75, 3.05) is 0 Å². The van der Waals surface area contributed by atoms with Crippen molar-refractivity contribution in [2.24, 2.45) is 0 Å². The minimum absolute atomic E-state index is 0.188. The van der Waals surface area contributed by atoms with Gasteiger partial charge in [0.1, 0.15) is 0 Å². The highest BCUT2D eigenvalue weighted by Crippen LogP contribution is 2.62. The summed E-state index contributed by atoms with van der Waals surface area (Å²) in [7, 11) is 0. The Kier molecular flexibility index (Phi) is 15.6. The van der Waals surface area contributed by atoms with Crippen LogP contribution < -0.4 is 0 Å². The molecule has 0 N–H and O–H groups in total. The van der Waals surface area contributed by atoms with E-state index in [1.165, 1.54) is 209 Å². The van der Waals surface area contributed by atoms with Gasteiger partial charge in [-0.3, -0.25) is 0 Å². The number of nitrogens with zero attached hydrogens (tertiary/aromatic N) is 3. The zero-order chi connectivity index (χ0) is 80.1. The lowest BCUT2D eigenvalue weighted by atomic mass is 9.67. The summed E-state index contributed by atoms with van der Waals surface area (Å²) in [5.74, 6) is 0.188. The summed E-state index contributed by atoms with van der Waals surface area (Å²) in [4.78, 5) is 0. The molecule has 26 rings (SSSR count). The number of hydrogen-bond acceptors (Lipinski definition) is 0. The molecule has 0 saturated carbocycles. The molecule has 0 radical (unpaired) electrons. The van der Waals surface area contributed by atoms with Gasteiger partial charge in [-0.25, -0.2) is 0 Å². The van der Waals surface area contributed by atoms with Crippen LogP contribution in [0.3, 0.4) is 0 Å². The van der Waals surface area contributed by atoms with Crippen molar-refractivity contribution >= 4 is 87.0 Å². The molecule has 3 aliphatic rings. The van der Waals surface area contributed by atoms with E-state index >= 15 is 0 Å². The molecule has 20 aromatic carbocycles. The zero-order valence-electron chi connectivity index (χ0n) is 66.8. The summed E-state index contributed by atoms with van der Waals surface area (Å²) in [6, 6.07) is 171. The van der Waals surface area contributed by atoms with Crippen LogP contribution in [0.5, 0.6) is 0 Å². The Morgan fingerprint density at radius 1 is 0.197 bits per heavy atom. The van der Waals surface area contributed by atoms with Crippen molar-refractivity contribution < 1.29 is 0 Å². The fourth-order valence-corrected chi connectivity index (χ4v) is 22.0. The molecule has 3 aromatic heterocycles. The number of hydrogen-bond donors (Lipinski definition) is 0. The third kappa shape index (κ3) is 10.2. The molecule has 0 fully saturated rings. The third-order valence-electron chi connectivity index (χ3n) is 27.1. The highest BCUT2D eigenvalue weighted by molar-refractivity contribution is 6.20. The van der Waals surface area contributed by atoms with E-state index in [2.05, 4.69) is 475 Å². The molecule has 568 valence electrons. The zero-order valence-corrected chi connectivity index (χ0v) is 66.8. The Morgan fingerprint density at radius 3 is 1.22 bits per heavy atom. The first-order chi connectivity index (χ1) is 60.5. The van der Waals surface area contributed by atoms with Crippen LogP contribution in [-0.4, -0.2) is 13.7 Å². The van der Waals surface area contributed by atoms with Crippen LogP contribution in [0.15, 0.2) is 461 Å². The van der Waals surface area contributed by atoms with E-state index in [0.29, 0.717) is 0 Å². The molecule has 3 nitrogen and oxygen atoms in total. The lowest BCUT2D eigenvalue weighted by molar-refractivity contribution is 0.769. The molecular formula is C119H77N3. The standard InChI is InChI=1S/C60H39N.C59H38N2/c1-4-18-44(19-5-1)60(45-20-6-2-7-21-45)53-27-15-14-26-50(53)58-54(60)33-35-56-59(58)52-38-42(31-34-55(52)61(56)46-22-8-3-9-23-46)41-30-32-49-51(37-41)47-24-12-13-25-48(47)57(49)43-29-28-39-16-10-11-17-40(39)36-43;1-4-18-43(19-5-1)59(44-20-6-2-7-21-44)52-26-14-12-24-47(52)49-32-35-56-57(58(49)59)51-38-42(30-34-55(51)60(56)45-22-8-3-9-23-45)41-29-33-54-50(37-41)48-25-13-15-27-53(48)61(54)46-31-28-39-16-10-11-17-40(39)36-46/h1-38,57H;1-38H. The van der Waals surface area contributed by atoms with Crippen molar-refractivity contribution in [3.63, 3.8) is 0 Å². The monoisotopic (exact) mass is 1550 g/mol. The summed E-state index contributed by atoms with van der Waals surface area (Å²) in [5, 5.41) is 12.6. The lowest BCUT2D eigenvalue weighted by Gasteiger charge is -2.34. The fourth-order valence-electron chi connectivity index (χ4n) is 22.0. The fraction of sp³-hybridized carbons (Fsp3) is 0.0252. The number of para-hydroxylation sites is 3. The van der Waals surface area contributed by atoms with Crippen molar-refractivity contribution in [2.45, 2.75) is 16.7 Å². The highest BCUT2D eigenvalue weighted by atomic mass is 15.0. The van der Waals surface area contributed by atoms with Gasteiger partial charge in [0.2, 0.25) is 0 Å². The third-order valence-corrected chi connectivity index (χ3v) is 27.1. The van der Waals surface area contributed by atoms with Gasteiger partial charge in [-0.1, -0.05) is 364 Å². The van der Waals surface area contributed by atoms with E-state index in [1.54, 1.807) is 0 Å². The normalized spacial score (nSPS) is 13.8. The Hall–Kier alpha value is -15.7. The minimum Gasteiger partial charge on any atom is -0.309 e. The maximum absolute atomic E-state index is 2.47. The van der Waals surface area contributed by atoms with E-state index in [-0.39, 0.29) is 5.92 Å². The first kappa shape index (κ1) is 69.4. The van der Waals surface area contributed by atoms with Gasteiger partial charge in [-0.05, 0) is 235 Å². The topological polar surface area (TPSA) is 14.8 Å². The molecule has 122 heavy (non-hydrogen) atoms. The van der Waals surface area contributed by atoms with Gasteiger partial charge in [0.15, 0.2) is 0 Å². The van der Waals surface area contributed by atoms with Gasteiger partial charge in [0.05, 0.1) is 43.9 Å².